The molecule has 0 bridgehead atoms. The average Bonchev–Trinajstić information content (AvgIpc) is 2.94. The highest BCUT2D eigenvalue weighted by molar-refractivity contribution is 7.16. The van der Waals surface area contributed by atoms with E-state index in [1.165, 1.54) is 11.3 Å². The summed E-state index contributed by atoms with van der Waals surface area (Å²) in [6.07, 6.45) is 0. The van der Waals surface area contributed by atoms with Gasteiger partial charge in [-0.25, -0.2) is 4.79 Å². The molecule has 2 rings (SSSR count). The van der Waals surface area contributed by atoms with Crippen molar-refractivity contribution in [1.82, 2.24) is 10.5 Å². The summed E-state index contributed by atoms with van der Waals surface area (Å²) in [4.78, 5) is 23.0. The predicted molar refractivity (Wildman–Crippen MR) is 64.0 cm³/mol. The molecule has 2 N–H and O–H groups in total. The maximum atomic E-state index is 11.6. The van der Waals surface area contributed by atoms with Crippen molar-refractivity contribution in [2.24, 2.45) is 0 Å². The van der Waals surface area contributed by atoms with Crippen LogP contribution in [0.15, 0.2) is 22.7 Å². The lowest BCUT2D eigenvalue weighted by molar-refractivity contribution is 0.0651. The van der Waals surface area contributed by atoms with Crippen molar-refractivity contribution in [3.8, 4) is 0 Å². The fourth-order valence-corrected chi connectivity index (χ4v) is 2.21. The summed E-state index contributed by atoms with van der Waals surface area (Å²) >= 11 is 7.09. The van der Waals surface area contributed by atoms with Crippen molar-refractivity contribution in [2.45, 2.75) is 6.54 Å². The summed E-state index contributed by atoms with van der Waals surface area (Å²) in [6, 6.07) is 4.59. The van der Waals surface area contributed by atoms with Gasteiger partial charge >= 0.3 is 5.97 Å². The van der Waals surface area contributed by atoms with Gasteiger partial charge in [-0.2, -0.15) is 0 Å². The molecule has 0 saturated carbocycles. The molecule has 2 aromatic heterocycles. The van der Waals surface area contributed by atoms with E-state index in [1.54, 1.807) is 12.1 Å². The third kappa shape index (κ3) is 2.88. The van der Waals surface area contributed by atoms with Gasteiger partial charge in [-0.3, -0.25) is 4.79 Å². The van der Waals surface area contributed by atoms with Gasteiger partial charge in [0.1, 0.15) is 0 Å². The Labute approximate surface area is 110 Å². The molecule has 18 heavy (non-hydrogen) atoms. The molecule has 0 aromatic carbocycles. The zero-order valence-electron chi connectivity index (χ0n) is 8.84. The van der Waals surface area contributed by atoms with E-state index in [2.05, 4.69) is 15.0 Å². The number of carboxylic acid groups (broad SMARTS) is 1. The zero-order valence-corrected chi connectivity index (χ0v) is 10.4. The molecule has 94 valence electrons. The minimum atomic E-state index is -1.27. The molecule has 0 aliphatic heterocycles. The number of carbonyl (C=O) groups is 2. The third-order valence-electron chi connectivity index (χ3n) is 2.01. The summed E-state index contributed by atoms with van der Waals surface area (Å²) in [7, 11) is 0. The Morgan fingerprint density at radius 3 is 2.83 bits per heavy atom. The van der Waals surface area contributed by atoms with Crippen molar-refractivity contribution >= 4 is 34.8 Å². The Morgan fingerprint density at radius 1 is 1.50 bits per heavy atom. The minimum Gasteiger partial charge on any atom is -0.475 e. The molecule has 2 heterocycles. The van der Waals surface area contributed by atoms with Crippen molar-refractivity contribution in [2.75, 3.05) is 0 Å². The van der Waals surface area contributed by atoms with E-state index in [1.807, 2.05) is 0 Å². The van der Waals surface area contributed by atoms with E-state index < -0.39 is 11.9 Å². The first kappa shape index (κ1) is 12.6. The van der Waals surface area contributed by atoms with Crippen LogP contribution in [0.2, 0.25) is 4.34 Å². The predicted octanol–water partition coefficient (Wildman–Crippen LogP) is 2.02. The summed E-state index contributed by atoms with van der Waals surface area (Å²) in [5, 5.41) is 14.6. The van der Waals surface area contributed by atoms with Crippen LogP contribution >= 0.6 is 22.9 Å². The summed E-state index contributed by atoms with van der Waals surface area (Å²) in [5.74, 6) is -2.15. The van der Waals surface area contributed by atoms with Gasteiger partial charge in [-0.05, 0) is 12.1 Å². The molecule has 2 aromatic rings. The van der Waals surface area contributed by atoms with Gasteiger partial charge < -0.3 is 14.9 Å². The maximum absolute atomic E-state index is 11.6. The molecule has 0 aliphatic rings. The second-order valence-electron chi connectivity index (χ2n) is 3.27. The van der Waals surface area contributed by atoms with E-state index in [0.717, 1.165) is 10.9 Å². The molecule has 0 fully saturated rings. The average molecular weight is 287 g/mol. The van der Waals surface area contributed by atoms with E-state index in [-0.39, 0.29) is 11.5 Å². The molecule has 0 spiro atoms. The number of hydrogen-bond acceptors (Lipinski definition) is 5. The highest BCUT2D eigenvalue weighted by atomic mass is 35.5. The number of aromatic carboxylic acids is 1. The van der Waals surface area contributed by atoms with Gasteiger partial charge in [-0.1, -0.05) is 16.8 Å². The smallest absolute Gasteiger partial charge is 0.374 e. The molecule has 8 heteroatoms. The summed E-state index contributed by atoms with van der Waals surface area (Å²) in [6.45, 7) is 0.297. The fraction of sp³-hybridized carbons (Fsp3) is 0.100. The Hall–Kier alpha value is -1.86. The van der Waals surface area contributed by atoms with Gasteiger partial charge in [0, 0.05) is 10.9 Å². The topological polar surface area (TPSA) is 92.4 Å². The SMILES string of the molecule is O=C(NCc1ccc(Cl)s1)c1cc(C(=O)O)on1. The van der Waals surface area contributed by atoms with Crippen molar-refractivity contribution < 1.29 is 19.2 Å². The Kier molecular flexibility index (Phi) is 3.63. The van der Waals surface area contributed by atoms with Crippen LogP contribution in [0.5, 0.6) is 0 Å². The molecule has 0 unspecified atom stereocenters. The van der Waals surface area contributed by atoms with Gasteiger partial charge in [0.25, 0.3) is 5.91 Å². The number of nitrogens with zero attached hydrogens (tertiary/aromatic N) is 1. The lowest BCUT2D eigenvalue weighted by Crippen LogP contribution is -2.22. The molecule has 0 atom stereocenters. The van der Waals surface area contributed by atoms with Crippen LogP contribution in [-0.4, -0.2) is 22.1 Å². The zero-order chi connectivity index (χ0) is 13.1. The lowest BCUT2D eigenvalue weighted by Gasteiger charge is -1.99. The molecular formula is C10H7ClN2O4S. The van der Waals surface area contributed by atoms with Crippen LogP contribution in [-0.2, 0) is 6.54 Å². The first-order valence-corrected chi connectivity index (χ1v) is 5.98. The summed E-state index contributed by atoms with van der Waals surface area (Å²) in [5.41, 5.74) is -0.0740. The normalized spacial score (nSPS) is 10.3. The first-order valence-electron chi connectivity index (χ1n) is 4.78. The van der Waals surface area contributed by atoms with Gasteiger partial charge in [0.05, 0.1) is 10.9 Å². The van der Waals surface area contributed by atoms with Gasteiger partial charge in [0.2, 0.25) is 5.76 Å². The first-order chi connectivity index (χ1) is 8.56. The lowest BCUT2D eigenvalue weighted by atomic mass is 10.3. The van der Waals surface area contributed by atoms with Gasteiger partial charge in [-0.15, -0.1) is 11.3 Å². The number of amides is 1. The second kappa shape index (κ2) is 5.19. The van der Waals surface area contributed by atoms with Crippen LogP contribution in [0, 0.1) is 0 Å². The fourth-order valence-electron chi connectivity index (χ4n) is 1.19. The number of thiophene rings is 1. The van der Waals surface area contributed by atoms with Crippen molar-refractivity contribution in [3.63, 3.8) is 0 Å². The third-order valence-corrected chi connectivity index (χ3v) is 3.24. The van der Waals surface area contributed by atoms with Crippen LogP contribution in [0.1, 0.15) is 25.9 Å². The van der Waals surface area contributed by atoms with Gasteiger partial charge in [0.15, 0.2) is 5.69 Å². The Balaban J connectivity index is 1.97. The molecule has 0 aliphatic carbocycles. The Bertz CT molecular complexity index is 592. The quantitative estimate of drug-likeness (QED) is 0.897. The number of rotatable bonds is 4. The highest BCUT2D eigenvalue weighted by Crippen LogP contribution is 2.21. The van der Waals surface area contributed by atoms with E-state index in [9.17, 15) is 9.59 Å². The van der Waals surface area contributed by atoms with Crippen LogP contribution in [0.4, 0.5) is 0 Å². The number of carboxylic acids is 1. The molecule has 0 radical (unpaired) electrons. The maximum Gasteiger partial charge on any atom is 0.374 e. The molecule has 1 amide bonds. The molecule has 6 nitrogen and oxygen atoms in total. The van der Waals surface area contributed by atoms with Crippen molar-refractivity contribution in [1.29, 1.82) is 0 Å². The minimum absolute atomic E-state index is 0.0740. The second-order valence-corrected chi connectivity index (χ2v) is 5.07. The number of hydrogen-bond donors (Lipinski definition) is 2. The van der Waals surface area contributed by atoms with Crippen molar-refractivity contribution in [3.05, 3.63) is 38.9 Å². The van der Waals surface area contributed by atoms with Crippen LogP contribution in [0.25, 0.3) is 0 Å². The number of carbonyl (C=O) groups excluding carboxylic acids is 1. The number of aromatic nitrogens is 1. The van der Waals surface area contributed by atoms with Crippen LogP contribution in [0.3, 0.4) is 0 Å². The van der Waals surface area contributed by atoms with Crippen LogP contribution < -0.4 is 5.32 Å². The summed E-state index contributed by atoms with van der Waals surface area (Å²) < 4.78 is 5.11. The standard InChI is InChI=1S/C10H7ClN2O4S/c11-8-2-1-5(18-8)4-12-9(14)6-3-7(10(15)16)17-13-6/h1-3H,4H2,(H,12,14)(H,15,16). The highest BCUT2D eigenvalue weighted by Gasteiger charge is 2.16. The number of nitrogens with one attached hydrogen (secondary N) is 1. The molecule has 0 saturated heterocycles. The van der Waals surface area contributed by atoms with E-state index in [0.29, 0.717) is 10.9 Å². The monoisotopic (exact) mass is 286 g/mol. The largest absolute Gasteiger partial charge is 0.475 e. The van der Waals surface area contributed by atoms with E-state index >= 15 is 0 Å². The van der Waals surface area contributed by atoms with E-state index in [4.69, 9.17) is 16.7 Å². The Morgan fingerprint density at radius 2 is 2.28 bits per heavy atom. The number of halogens is 1. The molecular weight excluding hydrogens is 280 g/mol.